The molecule has 0 spiro atoms. The molecule has 2 aromatic heterocycles. The van der Waals surface area contributed by atoms with Crippen molar-refractivity contribution < 1.29 is 14.1 Å². The van der Waals surface area contributed by atoms with E-state index in [1.165, 1.54) is 0 Å². The van der Waals surface area contributed by atoms with Crippen LogP contribution in [0.25, 0.3) is 0 Å². The maximum absolute atomic E-state index is 12.5. The number of ether oxygens (including phenoxy) is 1. The van der Waals surface area contributed by atoms with E-state index in [0.717, 1.165) is 11.3 Å². The second-order valence-electron chi connectivity index (χ2n) is 5.77. The van der Waals surface area contributed by atoms with Crippen molar-refractivity contribution in [3.63, 3.8) is 0 Å². The molecule has 23 heavy (non-hydrogen) atoms. The zero-order chi connectivity index (χ0) is 16.6. The van der Waals surface area contributed by atoms with Crippen LogP contribution < -0.4 is 5.32 Å². The van der Waals surface area contributed by atoms with Gasteiger partial charge in [0, 0.05) is 25.5 Å². The van der Waals surface area contributed by atoms with E-state index in [9.17, 15) is 4.79 Å². The Morgan fingerprint density at radius 3 is 2.91 bits per heavy atom. The Morgan fingerprint density at radius 2 is 2.22 bits per heavy atom. The first-order valence-corrected chi connectivity index (χ1v) is 7.80. The number of nitrogens with one attached hydrogen (secondary N) is 1. The van der Waals surface area contributed by atoms with Crippen LogP contribution in [0.5, 0.6) is 0 Å². The number of hydrogen-bond acceptors (Lipinski definition) is 6. The van der Waals surface area contributed by atoms with E-state index < -0.39 is 0 Å². The molecule has 0 bridgehead atoms. The summed E-state index contributed by atoms with van der Waals surface area (Å²) in [5, 5.41) is 11.0. The molecule has 3 heterocycles. The van der Waals surface area contributed by atoms with Crippen LogP contribution in [0.1, 0.15) is 60.3 Å². The largest absolute Gasteiger partial charge is 0.369 e. The Hall–Kier alpha value is -2.22. The third-order valence-electron chi connectivity index (χ3n) is 3.94. The van der Waals surface area contributed by atoms with Crippen LogP contribution in [0.4, 0.5) is 0 Å². The molecule has 1 aliphatic heterocycles. The number of fused-ring (bicyclic) bond motifs is 1. The molecule has 0 aliphatic carbocycles. The molecule has 0 unspecified atom stereocenters. The Bertz CT molecular complexity index is 721. The number of rotatable bonds is 4. The molecule has 2 aromatic rings. The van der Waals surface area contributed by atoms with Gasteiger partial charge in [-0.15, -0.1) is 0 Å². The average molecular weight is 319 g/mol. The van der Waals surface area contributed by atoms with Gasteiger partial charge in [0.15, 0.2) is 11.5 Å². The van der Waals surface area contributed by atoms with Gasteiger partial charge in [-0.3, -0.25) is 9.48 Å². The molecule has 2 atom stereocenters. The summed E-state index contributed by atoms with van der Waals surface area (Å²) in [5.41, 5.74) is 2.36. The normalized spacial score (nSPS) is 20.3. The van der Waals surface area contributed by atoms with Crippen LogP contribution in [0.3, 0.4) is 0 Å². The van der Waals surface area contributed by atoms with E-state index in [0.29, 0.717) is 30.3 Å². The van der Waals surface area contributed by atoms with E-state index in [4.69, 9.17) is 9.26 Å². The number of amides is 1. The fourth-order valence-electron chi connectivity index (χ4n) is 2.97. The highest BCUT2D eigenvalue weighted by Crippen LogP contribution is 2.31. The van der Waals surface area contributed by atoms with E-state index in [1.807, 2.05) is 27.8 Å². The number of aromatic nitrogens is 4. The molecule has 8 nitrogen and oxygen atoms in total. The lowest BCUT2D eigenvalue weighted by Gasteiger charge is -2.26. The van der Waals surface area contributed by atoms with E-state index in [-0.39, 0.29) is 24.7 Å². The SMILES string of the molecule is CCc1nc(CNC(=O)c2nn(C)c3c2C[C@H](C)O[C@@H]3C)no1. The Labute approximate surface area is 134 Å². The summed E-state index contributed by atoms with van der Waals surface area (Å²) in [5.74, 6) is 0.792. The molecule has 0 saturated heterocycles. The van der Waals surface area contributed by atoms with Crippen molar-refractivity contribution in [3.05, 3.63) is 28.7 Å². The van der Waals surface area contributed by atoms with E-state index in [1.54, 1.807) is 4.68 Å². The van der Waals surface area contributed by atoms with Crippen LogP contribution in [0.15, 0.2) is 4.52 Å². The molecule has 0 radical (unpaired) electrons. The molecule has 0 fully saturated rings. The van der Waals surface area contributed by atoms with Gasteiger partial charge in [-0.1, -0.05) is 12.1 Å². The van der Waals surface area contributed by atoms with E-state index in [2.05, 4.69) is 20.6 Å². The molecule has 8 heteroatoms. The highest BCUT2D eigenvalue weighted by Gasteiger charge is 2.31. The lowest BCUT2D eigenvalue weighted by molar-refractivity contribution is -0.00903. The third-order valence-corrected chi connectivity index (χ3v) is 3.94. The van der Waals surface area contributed by atoms with Crippen molar-refractivity contribution in [3.8, 4) is 0 Å². The van der Waals surface area contributed by atoms with Crippen LogP contribution in [-0.2, 0) is 31.2 Å². The molecular weight excluding hydrogens is 298 g/mol. The first-order valence-electron chi connectivity index (χ1n) is 7.80. The van der Waals surface area contributed by atoms with Gasteiger partial charge >= 0.3 is 0 Å². The molecule has 0 aromatic carbocycles. The molecule has 0 saturated carbocycles. The van der Waals surface area contributed by atoms with Crippen LogP contribution >= 0.6 is 0 Å². The fourth-order valence-corrected chi connectivity index (χ4v) is 2.97. The Kier molecular flexibility index (Phi) is 4.16. The first kappa shape index (κ1) is 15.7. The van der Waals surface area contributed by atoms with Gasteiger partial charge in [0.2, 0.25) is 5.89 Å². The monoisotopic (exact) mass is 319 g/mol. The van der Waals surface area contributed by atoms with Gasteiger partial charge in [-0.05, 0) is 13.8 Å². The number of carbonyl (C=O) groups excluding carboxylic acids is 1. The molecule has 1 N–H and O–H groups in total. The van der Waals surface area contributed by atoms with Crippen LogP contribution in [0.2, 0.25) is 0 Å². The van der Waals surface area contributed by atoms with Crippen molar-refractivity contribution in [2.75, 3.05) is 0 Å². The topological polar surface area (TPSA) is 95.1 Å². The summed E-state index contributed by atoms with van der Waals surface area (Å²) < 4.78 is 12.6. The van der Waals surface area contributed by atoms with Gasteiger partial charge in [0.05, 0.1) is 24.4 Å². The third kappa shape index (κ3) is 2.98. The standard InChI is InChI=1S/C15H21N5O3/c1-5-12-17-11(19-23-12)7-16-15(21)13-10-6-8(2)22-9(3)14(10)20(4)18-13/h8-9H,5-7H2,1-4H3,(H,16,21)/t8-,9+/m0/s1. The van der Waals surface area contributed by atoms with Gasteiger partial charge in [-0.2, -0.15) is 10.1 Å². The number of aryl methyl sites for hydroxylation is 2. The zero-order valence-corrected chi connectivity index (χ0v) is 13.8. The van der Waals surface area contributed by atoms with Crippen LogP contribution in [0, 0.1) is 0 Å². The molecule has 1 amide bonds. The second-order valence-corrected chi connectivity index (χ2v) is 5.77. The van der Waals surface area contributed by atoms with Gasteiger partial charge in [0.1, 0.15) is 0 Å². The van der Waals surface area contributed by atoms with Crippen molar-refractivity contribution >= 4 is 5.91 Å². The van der Waals surface area contributed by atoms with Gasteiger partial charge in [-0.25, -0.2) is 0 Å². The first-order chi connectivity index (χ1) is 11.0. The fraction of sp³-hybridized carbons (Fsp3) is 0.600. The summed E-state index contributed by atoms with van der Waals surface area (Å²) in [6.45, 7) is 6.12. The van der Waals surface area contributed by atoms with Gasteiger partial charge in [0.25, 0.3) is 5.91 Å². The number of carbonyl (C=O) groups is 1. The Morgan fingerprint density at radius 1 is 1.43 bits per heavy atom. The minimum absolute atomic E-state index is 0.0672. The van der Waals surface area contributed by atoms with Crippen molar-refractivity contribution in [2.24, 2.45) is 7.05 Å². The highest BCUT2D eigenvalue weighted by atomic mass is 16.5. The average Bonchev–Trinajstić information content (AvgIpc) is 3.09. The summed E-state index contributed by atoms with van der Waals surface area (Å²) in [6.07, 6.45) is 1.35. The maximum atomic E-state index is 12.5. The molecule has 3 rings (SSSR count). The van der Waals surface area contributed by atoms with Crippen molar-refractivity contribution in [1.82, 2.24) is 25.2 Å². The summed E-state index contributed by atoms with van der Waals surface area (Å²) in [4.78, 5) is 16.7. The predicted octanol–water partition coefficient (Wildman–Crippen LogP) is 1.32. The summed E-state index contributed by atoms with van der Waals surface area (Å²) >= 11 is 0. The van der Waals surface area contributed by atoms with Crippen LogP contribution in [-0.4, -0.2) is 31.9 Å². The minimum Gasteiger partial charge on any atom is -0.369 e. The maximum Gasteiger partial charge on any atom is 0.272 e. The van der Waals surface area contributed by atoms with Crippen molar-refractivity contribution in [1.29, 1.82) is 0 Å². The lowest BCUT2D eigenvalue weighted by Crippen LogP contribution is -2.27. The van der Waals surface area contributed by atoms with Crippen molar-refractivity contribution in [2.45, 2.75) is 52.4 Å². The highest BCUT2D eigenvalue weighted by molar-refractivity contribution is 5.94. The molecular formula is C15H21N5O3. The molecule has 1 aliphatic rings. The molecule has 124 valence electrons. The lowest BCUT2D eigenvalue weighted by atomic mass is 9.99. The Balaban J connectivity index is 1.76. The summed E-state index contributed by atoms with van der Waals surface area (Å²) in [7, 11) is 1.83. The number of hydrogen-bond donors (Lipinski definition) is 1. The second kappa shape index (κ2) is 6.11. The predicted molar refractivity (Wildman–Crippen MR) is 80.7 cm³/mol. The minimum atomic E-state index is -0.231. The zero-order valence-electron chi connectivity index (χ0n) is 13.8. The quantitative estimate of drug-likeness (QED) is 0.913. The smallest absolute Gasteiger partial charge is 0.272 e. The van der Waals surface area contributed by atoms with E-state index >= 15 is 0 Å². The summed E-state index contributed by atoms with van der Waals surface area (Å²) in [6, 6.07) is 0. The number of nitrogens with zero attached hydrogens (tertiary/aromatic N) is 4. The van der Waals surface area contributed by atoms with Gasteiger partial charge < -0.3 is 14.6 Å².